The summed E-state index contributed by atoms with van der Waals surface area (Å²) in [5, 5.41) is 14.8. The maximum absolute atomic E-state index is 12.4. The van der Waals surface area contributed by atoms with Crippen molar-refractivity contribution in [3.63, 3.8) is 0 Å². The maximum atomic E-state index is 12.4. The van der Waals surface area contributed by atoms with Crippen molar-refractivity contribution in [2.45, 2.75) is 45.1 Å². The molecule has 0 radical (unpaired) electrons. The van der Waals surface area contributed by atoms with Gasteiger partial charge < -0.3 is 19.8 Å². The van der Waals surface area contributed by atoms with Gasteiger partial charge in [0.25, 0.3) is 0 Å². The number of hydrogen-bond donors (Lipinski definition) is 2. The third-order valence-electron chi connectivity index (χ3n) is 5.69. The number of hydrogen-bond acceptors (Lipinski definition) is 5. The van der Waals surface area contributed by atoms with Crippen LogP contribution in [0.5, 0.6) is 5.75 Å². The van der Waals surface area contributed by atoms with Crippen LogP contribution >= 0.6 is 0 Å². The minimum atomic E-state index is -1.82. The van der Waals surface area contributed by atoms with E-state index in [0.29, 0.717) is 5.91 Å². The summed E-state index contributed by atoms with van der Waals surface area (Å²) < 4.78 is 5.29. The van der Waals surface area contributed by atoms with E-state index in [9.17, 15) is 4.79 Å². The molecule has 0 spiro atoms. The molecule has 166 valence electrons. The Hall–Kier alpha value is -2.61. The van der Waals surface area contributed by atoms with Crippen molar-refractivity contribution >= 4 is 17.8 Å². The molecule has 3 rings (SSSR count). The fraction of sp³-hybridized carbons (Fsp3) is 0.591. The number of nitrogens with zero attached hydrogens (tertiary/aromatic N) is 2. The van der Waals surface area contributed by atoms with E-state index in [4.69, 9.17) is 24.5 Å². The minimum Gasteiger partial charge on any atom is -0.497 e. The van der Waals surface area contributed by atoms with Gasteiger partial charge in [-0.15, -0.1) is 0 Å². The van der Waals surface area contributed by atoms with Crippen molar-refractivity contribution in [3.8, 4) is 5.75 Å². The van der Waals surface area contributed by atoms with Gasteiger partial charge in [0.05, 0.1) is 7.11 Å². The highest BCUT2D eigenvalue weighted by Crippen LogP contribution is 2.28. The molecule has 1 amide bonds. The van der Waals surface area contributed by atoms with E-state index in [0.717, 1.165) is 57.2 Å². The monoisotopic (exact) mass is 420 g/mol. The highest BCUT2D eigenvalue weighted by atomic mass is 16.5. The fourth-order valence-electron chi connectivity index (χ4n) is 3.97. The lowest BCUT2D eigenvalue weighted by Crippen LogP contribution is -2.48. The van der Waals surface area contributed by atoms with E-state index in [1.165, 1.54) is 31.2 Å². The predicted molar refractivity (Wildman–Crippen MR) is 111 cm³/mol. The number of benzene rings is 1. The van der Waals surface area contributed by atoms with Crippen molar-refractivity contribution < 1.29 is 29.3 Å². The molecule has 1 saturated carbocycles. The number of carbonyl (C=O) groups is 3. The molecule has 0 atom stereocenters. The van der Waals surface area contributed by atoms with Gasteiger partial charge in [-0.2, -0.15) is 0 Å². The minimum absolute atomic E-state index is 0.364. The van der Waals surface area contributed by atoms with E-state index >= 15 is 0 Å². The van der Waals surface area contributed by atoms with Crippen molar-refractivity contribution in [1.82, 2.24) is 9.80 Å². The summed E-state index contributed by atoms with van der Waals surface area (Å²) in [4.78, 5) is 35.1. The van der Waals surface area contributed by atoms with Crippen LogP contribution in [0.25, 0.3) is 0 Å². The number of ether oxygens (including phenoxy) is 1. The Morgan fingerprint density at radius 3 is 2.23 bits per heavy atom. The summed E-state index contributed by atoms with van der Waals surface area (Å²) in [6, 6.07) is 8.25. The lowest BCUT2D eigenvalue weighted by molar-refractivity contribution is -0.159. The van der Waals surface area contributed by atoms with Crippen LogP contribution in [-0.2, 0) is 20.9 Å². The molecule has 1 aliphatic carbocycles. The Labute approximate surface area is 177 Å². The molecule has 8 nitrogen and oxygen atoms in total. The molecule has 2 N–H and O–H groups in total. The summed E-state index contributed by atoms with van der Waals surface area (Å²) in [5.74, 6) is -1.57. The van der Waals surface area contributed by atoms with E-state index in [-0.39, 0.29) is 0 Å². The van der Waals surface area contributed by atoms with Crippen molar-refractivity contribution in [3.05, 3.63) is 29.8 Å². The summed E-state index contributed by atoms with van der Waals surface area (Å²) in [6.07, 6.45) is 7.25. The van der Waals surface area contributed by atoms with Gasteiger partial charge in [0, 0.05) is 39.1 Å². The van der Waals surface area contributed by atoms with Gasteiger partial charge in [-0.3, -0.25) is 9.69 Å². The number of piperazine rings is 1. The first kappa shape index (κ1) is 23.7. The molecule has 0 bridgehead atoms. The van der Waals surface area contributed by atoms with Gasteiger partial charge in [-0.1, -0.05) is 37.8 Å². The number of carbonyl (C=O) groups excluding carboxylic acids is 1. The first-order valence-corrected chi connectivity index (χ1v) is 10.5. The molecule has 1 aromatic carbocycles. The van der Waals surface area contributed by atoms with Gasteiger partial charge in [-0.05, 0) is 30.0 Å². The largest absolute Gasteiger partial charge is 0.497 e. The zero-order valence-corrected chi connectivity index (χ0v) is 17.6. The van der Waals surface area contributed by atoms with Crippen molar-refractivity contribution in [2.75, 3.05) is 33.3 Å². The quantitative estimate of drug-likeness (QED) is 0.681. The smallest absolute Gasteiger partial charge is 0.414 e. The molecule has 30 heavy (non-hydrogen) atoms. The van der Waals surface area contributed by atoms with Gasteiger partial charge >= 0.3 is 11.9 Å². The standard InChI is InChI=1S/C20H30N2O2.C2H2O4/c1-24-19-8-4-7-18(15-19)16-21-11-13-22(14-12-21)20(23)10-9-17-5-2-3-6-17;3-1(4)2(5)6/h4,7-8,15,17H,2-3,5-6,9-14,16H2,1H3;(H,3,4)(H,5,6). The lowest BCUT2D eigenvalue weighted by Gasteiger charge is -2.35. The number of methoxy groups -OCH3 is 1. The maximum Gasteiger partial charge on any atom is 0.414 e. The van der Waals surface area contributed by atoms with Crippen LogP contribution in [0, 0.1) is 5.92 Å². The molecule has 1 aliphatic heterocycles. The van der Waals surface area contributed by atoms with Crippen LogP contribution in [0.15, 0.2) is 24.3 Å². The third kappa shape index (κ3) is 8.02. The lowest BCUT2D eigenvalue weighted by atomic mass is 10.0. The first-order valence-electron chi connectivity index (χ1n) is 10.5. The summed E-state index contributed by atoms with van der Waals surface area (Å²) in [6.45, 7) is 4.60. The molecule has 1 aromatic rings. The SMILES string of the molecule is COc1cccc(CN2CCN(C(=O)CCC3CCCC3)CC2)c1.O=C(O)C(=O)O. The Kier molecular flexibility index (Phi) is 9.60. The Morgan fingerprint density at radius 2 is 1.67 bits per heavy atom. The second-order valence-corrected chi connectivity index (χ2v) is 7.81. The number of carboxylic acid groups (broad SMARTS) is 2. The highest BCUT2D eigenvalue weighted by Gasteiger charge is 2.23. The van der Waals surface area contributed by atoms with E-state index < -0.39 is 11.9 Å². The Bertz CT molecular complexity index is 697. The summed E-state index contributed by atoms with van der Waals surface area (Å²) in [7, 11) is 1.70. The molecule has 0 aromatic heterocycles. The molecular weight excluding hydrogens is 388 g/mol. The average molecular weight is 421 g/mol. The van der Waals surface area contributed by atoms with Crippen LogP contribution in [0.1, 0.15) is 44.1 Å². The van der Waals surface area contributed by atoms with Crippen LogP contribution < -0.4 is 4.74 Å². The predicted octanol–water partition coefficient (Wildman–Crippen LogP) is 2.47. The Morgan fingerprint density at radius 1 is 1.03 bits per heavy atom. The van der Waals surface area contributed by atoms with Crippen LogP contribution in [0.2, 0.25) is 0 Å². The van der Waals surface area contributed by atoms with Crippen molar-refractivity contribution in [1.29, 1.82) is 0 Å². The molecular formula is C22H32N2O6. The molecule has 2 aliphatic rings. The van der Waals surface area contributed by atoms with Crippen LogP contribution in [0.4, 0.5) is 0 Å². The molecule has 0 unspecified atom stereocenters. The Balaban J connectivity index is 0.000000469. The first-order chi connectivity index (χ1) is 14.4. The number of rotatable bonds is 6. The van der Waals surface area contributed by atoms with Gasteiger partial charge in [0.15, 0.2) is 0 Å². The second-order valence-electron chi connectivity index (χ2n) is 7.81. The number of amides is 1. The zero-order valence-electron chi connectivity index (χ0n) is 17.6. The summed E-state index contributed by atoms with van der Waals surface area (Å²) in [5.41, 5.74) is 1.27. The van der Waals surface area contributed by atoms with Gasteiger partial charge in [0.2, 0.25) is 5.91 Å². The fourth-order valence-corrected chi connectivity index (χ4v) is 3.97. The van der Waals surface area contributed by atoms with E-state index in [2.05, 4.69) is 21.9 Å². The number of carboxylic acids is 2. The van der Waals surface area contributed by atoms with Crippen LogP contribution in [0.3, 0.4) is 0 Å². The molecule has 1 heterocycles. The topological polar surface area (TPSA) is 107 Å². The zero-order chi connectivity index (χ0) is 21.9. The normalized spacial score (nSPS) is 17.2. The number of aliphatic carboxylic acids is 2. The second kappa shape index (κ2) is 12.2. The average Bonchev–Trinajstić information content (AvgIpc) is 3.27. The molecule has 8 heteroatoms. The third-order valence-corrected chi connectivity index (χ3v) is 5.69. The molecule has 2 fully saturated rings. The van der Waals surface area contributed by atoms with Crippen LogP contribution in [-0.4, -0.2) is 71.1 Å². The van der Waals surface area contributed by atoms with Gasteiger partial charge in [0.1, 0.15) is 5.75 Å². The van der Waals surface area contributed by atoms with E-state index in [1.807, 2.05) is 12.1 Å². The van der Waals surface area contributed by atoms with Gasteiger partial charge in [-0.25, -0.2) is 9.59 Å². The molecule has 1 saturated heterocycles. The summed E-state index contributed by atoms with van der Waals surface area (Å²) >= 11 is 0. The highest BCUT2D eigenvalue weighted by molar-refractivity contribution is 6.27. The van der Waals surface area contributed by atoms with Crippen molar-refractivity contribution in [2.24, 2.45) is 5.92 Å². The van der Waals surface area contributed by atoms with E-state index in [1.54, 1.807) is 7.11 Å².